The van der Waals surface area contributed by atoms with Crippen LogP contribution in [0, 0.1) is 6.92 Å². The molecular formula is C30H33Cl2N3O4S. The quantitative estimate of drug-likeness (QED) is 0.310. The molecular weight excluding hydrogens is 569 g/mol. The monoisotopic (exact) mass is 601 g/mol. The Morgan fingerprint density at radius 3 is 2.27 bits per heavy atom. The van der Waals surface area contributed by atoms with Crippen molar-refractivity contribution >= 4 is 50.7 Å². The number of aryl methyl sites for hydroxylation is 1. The van der Waals surface area contributed by atoms with Crippen LogP contribution in [0.15, 0.2) is 77.7 Å². The summed E-state index contributed by atoms with van der Waals surface area (Å²) in [5, 5.41) is 3.95. The summed E-state index contributed by atoms with van der Waals surface area (Å²) in [4.78, 5) is 28.8. The van der Waals surface area contributed by atoms with Crippen LogP contribution in [0.25, 0.3) is 0 Å². The second-order valence-corrected chi connectivity index (χ2v) is 12.7. The number of carbonyl (C=O) groups is 2. The molecule has 2 amide bonds. The number of sulfonamides is 1. The zero-order valence-corrected chi connectivity index (χ0v) is 24.8. The number of benzene rings is 3. The van der Waals surface area contributed by atoms with E-state index in [-0.39, 0.29) is 23.4 Å². The Morgan fingerprint density at radius 2 is 1.62 bits per heavy atom. The van der Waals surface area contributed by atoms with Crippen LogP contribution < -0.4 is 9.62 Å². The van der Waals surface area contributed by atoms with E-state index in [0.29, 0.717) is 26.9 Å². The average Bonchev–Trinajstić information content (AvgIpc) is 3.44. The molecule has 0 heterocycles. The van der Waals surface area contributed by atoms with Crippen molar-refractivity contribution < 1.29 is 18.0 Å². The molecule has 1 atom stereocenters. The fourth-order valence-electron chi connectivity index (χ4n) is 4.92. The van der Waals surface area contributed by atoms with Crippen LogP contribution in [0.3, 0.4) is 0 Å². The third-order valence-electron chi connectivity index (χ3n) is 7.20. The minimum atomic E-state index is -4.15. The van der Waals surface area contributed by atoms with Gasteiger partial charge in [-0.3, -0.25) is 13.9 Å². The van der Waals surface area contributed by atoms with Crippen molar-refractivity contribution in [2.24, 2.45) is 0 Å². The molecule has 4 rings (SSSR count). The molecule has 0 radical (unpaired) electrons. The fourth-order valence-corrected chi connectivity index (χ4v) is 6.84. The van der Waals surface area contributed by atoms with Crippen molar-refractivity contribution in [3.8, 4) is 0 Å². The molecule has 7 nitrogen and oxygen atoms in total. The van der Waals surface area contributed by atoms with Gasteiger partial charge >= 0.3 is 0 Å². The Kier molecular flexibility index (Phi) is 9.77. The number of carbonyl (C=O) groups excluding carboxylic acids is 2. The minimum absolute atomic E-state index is 0.0383. The van der Waals surface area contributed by atoms with Gasteiger partial charge in [-0.05, 0) is 74.2 Å². The Labute approximate surface area is 246 Å². The van der Waals surface area contributed by atoms with E-state index in [2.05, 4.69) is 5.32 Å². The van der Waals surface area contributed by atoms with Crippen LogP contribution >= 0.6 is 23.2 Å². The molecule has 3 aromatic carbocycles. The number of halogens is 2. The van der Waals surface area contributed by atoms with Gasteiger partial charge in [0.15, 0.2) is 0 Å². The molecule has 0 aromatic heterocycles. The second-order valence-electron chi connectivity index (χ2n) is 10.0. The van der Waals surface area contributed by atoms with Gasteiger partial charge < -0.3 is 10.2 Å². The predicted molar refractivity (Wildman–Crippen MR) is 159 cm³/mol. The minimum Gasteiger partial charge on any atom is -0.352 e. The third-order valence-corrected chi connectivity index (χ3v) is 9.58. The molecule has 1 aliphatic rings. The van der Waals surface area contributed by atoms with Gasteiger partial charge in [-0.2, -0.15) is 0 Å². The lowest BCUT2D eigenvalue weighted by molar-refractivity contribution is -0.139. The molecule has 10 heteroatoms. The molecule has 1 fully saturated rings. The SMILES string of the molecule is Cc1cc(Cl)ccc1N(CC(=O)N(Cc1ccccc1Cl)[C@@H](C)C(=O)NC1CCCC1)S(=O)(=O)c1ccccc1. The summed E-state index contributed by atoms with van der Waals surface area (Å²) < 4.78 is 28.9. The Bertz CT molecular complexity index is 1460. The van der Waals surface area contributed by atoms with Crippen molar-refractivity contribution in [1.82, 2.24) is 10.2 Å². The van der Waals surface area contributed by atoms with Gasteiger partial charge in [0.2, 0.25) is 11.8 Å². The van der Waals surface area contributed by atoms with Crippen molar-refractivity contribution in [2.75, 3.05) is 10.8 Å². The van der Waals surface area contributed by atoms with Gasteiger partial charge in [-0.25, -0.2) is 8.42 Å². The summed E-state index contributed by atoms with van der Waals surface area (Å²) >= 11 is 12.6. The van der Waals surface area contributed by atoms with Crippen molar-refractivity contribution in [3.63, 3.8) is 0 Å². The highest BCUT2D eigenvalue weighted by molar-refractivity contribution is 7.92. The van der Waals surface area contributed by atoms with Crippen LogP contribution in [0.1, 0.15) is 43.7 Å². The molecule has 212 valence electrons. The third kappa shape index (κ3) is 6.97. The number of anilines is 1. The first-order chi connectivity index (χ1) is 19.1. The molecule has 1 saturated carbocycles. The van der Waals surface area contributed by atoms with E-state index in [4.69, 9.17) is 23.2 Å². The maximum Gasteiger partial charge on any atom is 0.264 e. The lowest BCUT2D eigenvalue weighted by atomic mass is 10.1. The number of hydrogen-bond donors (Lipinski definition) is 1. The summed E-state index contributed by atoms with van der Waals surface area (Å²) in [6.07, 6.45) is 3.90. The molecule has 1 N–H and O–H groups in total. The zero-order valence-electron chi connectivity index (χ0n) is 22.5. The van der Waals surface area contributed by atoms with E-state index in [0.717, 1.165) is 30.0 Å². The van der Waals surface area contributed by atoms with E-state index in [1.807, 2.05) is 0 Å². The van der Waals surface area contributed by atoms with Crippen LogP contribution in [-0.4, -0.2) is 43.8 Å². The number of amides is 2. The summed E-state index contributed by atoms with van der Waals surface area (Å²) in [5.74, 6) is -0.824. The molecule has 0 aliphatic heterocycles. The highest BCUT2D eigenvalue weighted by atomic mass is 35.5. The molecule has 1 aliphatic carbocycles. The van der Waals surface area contributed by atoms with Crippen molar-refractivity contribution in [3.05, 3.63) is 94.0 Å². The Morgan fingerprint density at radius 1 is 0.975 bits per heavy atom. The van der Waals surface area contributed by atoms with Gasteiger partial charge in [-0.1, -0.05) is 72.4 Å². The zero-order chi connectivity index (χ0) is 28.9. The van der Waals surface area contributed by atoms with Gasteiger partial charge in [-0.15, -0.1) is 0 Å². The Balaban J connectivity index is 1.71. The lowest BCUT2D eigenvalue weighted by Gasteiger charge is -2.33. The van der Waals surface area contributed by atoms with Crippen molar-refractivity contribution in [1.29, 1.82) is 0 Å². The fraction of sp³-hybridized carbons (Fsp3) is 0.333. The summed E-state index contributed by atoms with van der Waals surface area (Å²) in [6.45, 7) is 2.91. The van der Waals surface area contributed by atoms with E-state index in [1.54, 1.807) is 74.5 Å². The molecule has 0 saturated heterocycles. The van der Waals surface area contributed by atoms with E-state index >= 15 is 0 Å². The number of nitrogens with zero attached hydrogens (tertiary/aromatic N) is 2. The molecule has 0 spiro atoms. The normalized spacial score (nSPS) is 14.5. The van der Waals surface area contributed by atoms with Crippen LogP contribution in [0.5, 0.6) is 0 Å². The lowest BCUT2D eigenvalue weighted by Crippen LogP contribution is -2.52. The molecule has 0 unspecified atom stereocenters. The summed E-state index contributed by atoms with van der Waals surface area (Å²) in [7, 11) is -4.15. The van der Waals surface area contributed by atoms with Gasteiger partial charge in [0, 0.05) is 22.6 Å². The summed E-state index contributed by atoms with van der Waals surface area (Å²) in [5.41, 5.74) is 1.56. The highest BCUT2D eigenvalue weighted by Crippen LogP contribution is 2.30. The standard InChI is InChI=1S/C30H33Cl2N3O4S/c1-21-18-24(31)16-17-28(21)35(40(38,39)26-13-4-3-5-14-26)20-29(36)34(19-23-10-6-9-15-27(23)32)22(2)30(37)33-25-11-7-8-12-25/h3-6,9-10,13-18,22,25H,7-8,11-12,19-20H2,1-2H3,(H,33,37)/t22-/m0/s1. The van der Waals surface area contributed by atoms with Crippen LogP contribution in [0.2, 0.25) is 10.0 Å². The number of rotatable bonds is 10. The van der Waals surface area contributed by atoms with E-state index < -0.39 is 28.5 Å². The molecule has 40 heavy (non-hydrogen) atoms. The maximum absolute atomic E-state index is 14.1. The average molecular weight is 603 g/mol. The van der Waals surface area contributed by atoms with Crippen molar-refractivity contribution in [2.45, 2.75) is 63.1 Å². The van der Waals surface area contributed by atoms with Gasteiger partial charge in [0.25, 0.3) is 10.0 Å². The molecule has 3 aromatic rings. The number of hydrogen-bond acceptors (Lipinski definition) is 4. The first-order valence-electron chi connectivity index (χ1n) is 13.2. The maximum atomic E-state index is 14.1. The molecule has 0 bridgehead atoms. The van der Waals surface area contributed by atoms with Crippen LogP contribution in [0.4, 0.5) is 5.69 Å². The largest absolute Gasteiger partial charge is 0.352 e. The second kappa shape index (κ2) is 13.1. The first kappa shape index (κ1) is 29.9. The van der Waals surface area contributed by atoms with Gasteiger partial charge in [0.05, 0.1) is 10.6 Å². The summed E-state index contributed by atoms with van der Waals surface area (Å²) in [6, 6.07) is 19.0. The Hall–Kier alpha value is -3.07. The smallest absolute Gasteiger partial charge is 0.264 e. The van der Waals surface area contributed by atoms with E-state index in [1.165, 1.54) is 17.0 Å². The topological polar surface area (TPSA) is 86.8 Å². The van der Waals surface area contributed by atoms with Gasteiger partial charge in [0.1, 0.15) is 12.6 Å². The van der Waals surface area contributed by atoms with Crippen LogP contribution in [-0.2, 0) is 26.2 Å². The first-order valence-corrected chi connectivity index (χ1v) is 15.4. The predicted octanol–water partition coefficient (Wildman–Crippen LogP) is 5.97. The highest BCUT2D eigenvalue weighted by Gasteiger charge is 2.34. The number of nitrogens with one attached hydrogen (secondary N) is 1. The van der Waals surface area contributed by atoms with E-state index in [9.17, 15) is 18.0 Å².